The van der Waals surface area contributed by atoms with Crippen LogP contribution in [-0.4, -0.2) is 39.2 Å². The van der Waals surface area contributed by atoms with Crippen molar-refractivity contribution in [3.63, 3.8) is 0 Å². The maximum atomic E-state index is 10.5. The highest BCUT2D eigenvalue weighted by atomic mass is 16.3. The van der Waals surface area contributed by atoms with Crippen LogP contribution in [0, 0.1) is 5.92 Å². The Morgan fingerprint density at radius 2 is 1.92 bits per heavy atom. The summed E-state index contributed by atoms with van der Waals surface area (Å²) >= 11 is 0. The van der Waals surface area contributed by atoms with Crippen LogP contribution < -0.4 is 5.73 Å². The van der Waals surface area contributed by atoms with Crippen LogP contribution >= 0.6 is 0 Å². The number of para-hydroxylation sites is 1. The molecule has 0 saturated carbocycles. The zero-order valence-electron chi connectivity index (χ0n) is 14.0. The molecule has 1 aliphatic rings. The van der Waals surface area contributed by atoms with Gasteiger partial charge in [0, 0.05) is 43.3 Å². The lowest BCUT2D eigenvalue weighted by Crippen LogP contribution is -2.21. The van der Waals surface area contributed by atoms with Crippen molar-refractivity contribution in [3.8, 4) is 0 Å². The van der Waals surface area contributed by atoms with Gasteiger partial charge in [0.15, 0.2) is 0 Å². The Kier molecular flexibility index (Phi) is 4.34. The van der Waals surface area contributed by atoms with E-state index in [1.807, 2.05) is 36.5 Å². The van der Waals surface area contributed by atoms with Gasteiger partial charge in [0.25, 0.3) is 0 Å². The Labute approximate surface area is 147 Å². The molecule has 1 aromatic carbocycles. The van der Waals surface area contributed by atoms with E-state index in [0.29, 0.717) is 12.4 Å². The number of aliphatic hydroxyl groups is 1. The molecular weight excluding hydrogens is 312 g/mol. The molecule has 3 N–H and O–H groups in total. The Morgan fingerprint density at radius 1 is 1.08 bits per heavy atom. The summed E-state index contributed by atoms with van der Waals surface area (Å²) in [5.74, 6) is 0.766. The van der Waals surface area contributed by atoms with Gasteiger partial charge in [-0.15, -0.1) is 0 Å². The summed E-state index contributed by atoms with van der Waals surface area (Å²) in [4.78, 5) is 10.7. The minimum absolute atomic E-state index is 0.227. The van der Waals surface area contributed by atoms with Crippen LogP contribution in [-0.2, 0) is 13.0 Å². The Hall–Kier alpha value is -2.50. The molecule has 128 valence electrons. The minimum atomic E-state index is -0.314. The van der Waals surface area contributed by atoms with Crippen LogP contribution in [0.4, 0.5) is 5.82 Å². The topological polar surface area (TPSA) is 75.3 Å². The van der Waals surface area contributed by atoms with E-state index >= 15 is 0 Å². The molecule has 0 radical (unpaired) electrons. The zero-order chi connectivity index (χ0) is 17.2. The summed E-state index contributed by atoms with van der Waals surface area (Å²) < 4.78 is 0. The molecule has 3 aromatic rings. The molecule has 25 heavy (non-hydrogen) atoms. The number of nitrogens with zero attached hydrogens (tertiary/aromatic N) is 3. The first-order valence-corrected chi connectivity index (χ1v) is 8.62. The van der Waals surface area contributed by atoms with Crippen molar-refractivity contribution in [2.24, 2.45) is 5.92 Å². The quantitative estimate of drug-likeness (QED) is 0.765. The number of likely N-dealkylation sites (tertiary alicyclic amines) is 1. The van der Waals surface area contributed by atoms with Crippen molar-refractivity contribution in [3.05, 3.63) is 66.0 Å². The van der Waals surface area contributed by atoms with E-state index in [2.05, 4.69) is 27.0 Å². The molecule has 5 heteroatoms. The summed E-state index contributed by atoms with van der Waals surface area (Å²) in [6.45, 7) is 2.35. The number of aliphatic hydroxyl groups excluding tert-OH is 1. The van der Waals surface area contributed by atoms with E-state index in [9.17, 15) is 5.11 Å². The van der Waals surface area contributed by atoms with Crippen molar-refractivity contribution >= 4 is 16.7 Å². The molecule has 5 nitrogen and oxygen atoms in total. The average Bonchev–Trinajstić information content (AvgIpc) is 2.94. The van der Waals surface area contributed by atoms with E-state index in [-0.39, 0.29) is 12.0 Å². The van der Waals surface area contributed by atoms with Crippen molar-refractivity contribution in [1.29, 1.82) is 0 Å². The third kappa shape index (κ3) is 3.48. The molecule has 1 saturated heterocycles. The minimum Gasteiger partial charge on any atom is -0.391 e. The Balaban J connectivity index is 1.48. The number of nitrogens with two attached hydrogens (primary N) is 1. The molecule has 2 aromatic heterocycles. The van der Waals surface area contributed by atoms with Crippen molar-refractivity contribution in [2.45, 2.75) is 19.1 Å². The Bertz CT molecular complexity index is 877. The highest BCUT2D eigenvalue weighted by molar-refractivity contribution is 5.81. The highest BCUT2D eigenvalue weighted by Crippen LogP contribution is 2.26. The fraction of sp³-hybridized carbons (Fsp3) is 0.300. The van der Waals surface area contributed by atoms with Crippen LogP contribution in [0.2, 0.25) is 0 Å². The predicted octanol–water partition coefficient (Wildman–Crippen LogP) is 2.25. The van der Waals surface area contributed by atoms with E-state index in [1.165, 1.54) is 10.9 Å². The van der Waals surface area contributed by atoms with Gasteiger partial charge in [-0.25, -0.2) is 4.98 Å². The van der Waals surface area contributed by atoms with Gasteiger partial charge in [-0.1, -0.05) is 18.2 Å². The molecule has 1 fully saturated rings. The van der Waals surface area contributed by atoms with E-state index in [0.717, 1.165) is 30.6 Å². The summed E-state index contributed by atoms with van der Waals surface area (Å²) in [7, 11) is 0. The van der Waals surface area contributed by atoms with Gasteiger partial charge in [-0.3, -0.25) is 9.88 Å². The number of hydrogen-bond acceptors (Lipinski definition) is 5. The molecule has 0 unspecified atom stereocenters. The Morgan fingerprint density at radius 3 is 2.80 bits per heavy atom. The lowest BCUT2D eigenvalue weighted by Gasteiger charge is -2.16. The van der Waals surface area contributed by atoms with Gasteiger partial charge >= 0.3 is 0 Å². The molecule has 0 amide bonds. The average molecular weight is 334 g/mol. The van der Waals surface area contributed by atoms with Gasteiger partial charge in [-0.2, -0.15) is 0 Å². The van der Waals surface area contributed by atoms with Gasteiger partial charge in [0.05, 0.1) is 11.6 Å². The summed E-state index contributed by atoms with van der Waals surface area (Å²) in [6, 6.07) is 14.1. The van der Waals surface area contributed by atoms with E-state index in [1.54, 1.807) is 6.20 Å². The molecule has 2 atom stereocenters. The van der Waals surface area contributed by atoms with E-state index < -0.39 is 0 Å². The van der Waals surface area contributed by atoms with Crippen LogP contribution in [0.15, 0.2) is 54.9 Å². The first-order valence-electron chi connectivity index (χ1n) is 8.62. The van der Waals surface area contributed by atoms with Crippen LogP contribution in [0.1, 0.15) is 11.1 Å². The number of fused-ring (bicyclic) bond motifs is 1. The lowest BCUT2D eigenvalue weighted by molar-refractivity contribution is 0.141. The molecule has 4 rings (SSSR count). The standard InChI is InChI=1S/C20H22N4O/c21-20-9-14(5-7-23-20)11-24-12-16(19(25)13-24)10-15-6-8-22-18-4-2-1-3-17(15)18/h1-9,16,19,25H,10-13H2,(H2,21,23)/t16-,19+/m1/s1. The number of rotatable bonds is 4. The number of aromatic nitrogens is 2. The zero-order valence-corrected chi connectivity index (χ0v) is 14.0. The van der Waals surface area contributed by atoms with Crippen molar-refractivity contribution in [2.75, 3.05) is 18.8 Å². The largest absolute Gasteiger partial charge is 0.391 e. The number of anilines is 1. The number of hydrogen-bond donors (Lipinski definition) is 2. The molecule has 0 aliphatic carbocycles. The molecule has 3 heterocycles. The second-order valence-electron chi connectivity index (χ2n) is 6.80. The van der Waals surface area contributed by atoms with Gasteiger partial charge in [0.1, 0.15) is 5.82 Å². The number of β-amino-alcohol motifs (C(OH)–C–C–N with tert-alkyl or cyclic N) is 1. The van der Waals surface area contributed by atoms with Gasteiger partial charge < -0.3 is 10.8 Å². The van der Waals surface area contributed by atoms with E-state index in [4.69, 9.17) is 5.73 Å². The molecule has 0 bridgehead atoms. The molecule has 1 aliphatic heterocycles. The number of benzene rings is 1. The third-order valence-corrected chi connectivity index (χ3v) is 4.96. The second kappa shape index (κ2) is 6.78. The predicted molar refractivity (Wildman–Crippen MR) is 98.9 cm³/mol. The first-order chi connectivity index (χ1) is 12.2. The smallest absolute Gasteiger partial charge is 0.123 e. The van der Waals surface area contributed by atoms with Crippen LogP contribution in [0.5, 0.6) is 0 Å². The summed E-state index contributed by atoms with van der Waals surface area (Å²) in [5.41, 5.74) is 9.16. The van der Waals surface area contributed by atoms with Crippen LogP contribution in [0.25, 0.3) is 10.9 Å². The fourth-order valence-corrected chi connectivity index (χ4v) is 3.74. The van der Waals surface area contributed by atoms with Crippen LogP contribution in [0.3, 0.4) is 0 Å². The normalized spacial score (nSPS) is 21.0. The van der Waals surface area contributed by atoms with Crippen molar-refractivity contribution < 1.29 is 5.11 Å². The summed E-state index contributed by atoms with van der Waals surface area (Å²) in [6.07, 6.45) is 4.14. The second-order valence-corrected chi connectivity index (χ2v) is 6.80. The number of pyridine rings is 2. The summed E-state index contributed by atoms with van der Waals surface area (Å²) in [5, 5.41) is 11.7. The van der Waals surface area contributed by atoms with Crippen molar-refractivity contribution in [1.82, 2.24) is 14.9 Å². The molecular formula is C20H22N4O. The monoisotopic (exact) mass is 334 g/mol. The molecule has 0 spiro atoms. The number of nitrogen functional groups attached to an aromatic ring is 1. The van der Waals surface area contributed by atoms with Gasteiger partial charge in [0.2, 0.25) is 0 Å². The SMILES string of the molecule is Nc1cc(CN2C[C@@H](Cc3ccnc4ccccc34)[C@@H](O)C2)ccn1. The maximum Gasteiger partial charge on any atom is 0.123 e. The third-order valence-electron chi connectivity index (χ3n) is 4.96. The van der Waals surface area contributed by atoms with Gasteiger partial charge in [-0.05, 0) is 41.8 Å². The fourth-order valence-electron chi connectivity index (χ4n) is 3.74. The lowest BCUT2D eigenvalue weighted by atomic mass is 9.94. The maximum absolute atomic E-state index is 10.5. The highest BCUT2D eigenvalue weighted by Gasteiger charge is 2.31. The first kappa shape index (κ1) is 16.0.